The summed E-state index contributed by atoms with van der Waals surface area (Å²) < 4.78 is 5.71. The standard InChI is InChI=1S/C18H27N3O/c1-14(2)13-22-17-7-5-16(6-8-17)18(11-19)21-10-9-20(4)15(3)12-21/h5-8,14-15,18H,9-10,12-13H2,1-4H3. The number of rotatable bonds is 5. The number of ether oxygens (including phenoxy) is 1. The topological polar surface area (TPSA) is 39.5 Å². The average molecular weight is 301 g/mol. The highest BCUT2D eigenvalue weighted by Gasteiger charge is 2.27. The van der Waals surface area contributed by atoms with E-state index in [2.05, 4.69) is 43.7 Å². The fraction of sp³-hybridized carbons (Fsp3) is 0.611. The highest BCUT2D eigenvalue weighted by Crippen LogP contribution is 2.25. The zero-order valence-corrected chi connectivity index (χ0v) is 14.1. The quantitative estimate of drug-likeness (QED) is 0.838. The van der Waals surface area contributed by atoms with Gasteiger partial charge in [0.2, 0.25) is 0 Å². The van der Waals surface area contributed by atoms with Gasteiger partial charge in [-0.2, -0.15) is 5.26 Å². The van der Waals surface area contributed by atoms with Crippen molar-refractivity contribution in [2.75, 3.05) is 33.3 Å². The molecule has 0 aromatic heterocycles. The number of nitrogens with zero attached hydrogens (tertiary/aromatic N) is 3. The number of piperazine rings is 1. The lowest BCUT2D eigenvalue weighted by Gasteiger charge is -2.39. The lowest BCUT2D eigenvalue weighted by Crippen LogP contribution is -2.50. The van der Waals surface area contributed by atoms with E-state index in [0.717, 1.165) is 37.6 Å². The van der Waals surface area contributed by atoms with Crippen LogP contribution in [0.5, 0.6) is 5.75 Å². The molecule has 0 saturated carbocycles. The first-order valence-corrected chi connectivity index (χ1v) is 8.08. The Kier molecular flexibility index (Phi) is 5.82. The second-order valence-corrected chi connectivity index (χ2v) is 6.63. The highest BCUT2D eigenvalue weighted by atomic mass is 16.5. The summed E-state index contributed by atoms with van der Waals surface area (Å²) in [5.74, 6) is 1.39. The molecule has 0 radical (unpaired) electrons. The fourth-order valence-corrected chi connectivity index (χ4v) is 2.69. The van der Waals surface area contributed by atoms with Crippen LogP contribution in [0.3, 0.4) is 0 Å². The van der Waals surface area contributed by atoms with E-state index in [1.807, 2.05) is 24.3 Å². The summed E-state index contributed by atoms with van der Waals surface area (Å²) >= 11 is 0. The predicted octanol–water partition coefficient (Wildman–Crippen LogP) is 2.92. The van der Waals surface area contributed by atoms with Crippen molar-refractivity contribution in [2.45, 2.75) is 32.9 Å². The van der Waals surface area contributed by atoms with Crippen molar-refractivity contribution in [1.29, 1.82) is 5.26 Å². The van der Waals surface area contributed by atoms with Crippen LogP contribution in [0.1, 0.15) is 32.4 Å². The van der Waals surface area contributed by atoms with E-state index in [1.54, 1.807) is 0 Å². The average Bonchev–Trinajstić information content (AvgIpc) is 2.50. The number of nitriles is 1. The van der Waals surface area contributed by atoms with Crippen molar-refractivity contribution in [3.63, 3.8) is 0 Å². The van der Waals surface area contributed by atoms with E-state index in [0.29, 0.717) is 12.0 Å². The molecule has 0 bridgehead atoms. The minimum absolute atomic E-state index is 0.171. The van der Waals surface area contributed by atoms with Gasteiger partial charge in [0.1, 0.15) is 11.8 Å². The molecule has 1 heterocycles. The third-order valence-electron chi connectivity index (χ3n) is 4.26. The van der Waals surface area contributed by atoms with Crippen molar-refractivity contribution >= 4 is 0 Å². The van der Waals surface area contributed by atoms with Crippen molar-refractivity contribution in [3.05, 3.63) is 29.8 Å². The number of hydrogen-bond donors (Lipinski definition) is 0. The van der Waals surface area contributed by atoms with Crippen LogP contribution >= 0.6 is 0 Å². The number of likely N-dealkylation sites (N-methyl/N-ethyl adjacent to an activating group) is 1. The van der Waals surface area contributed by atoms with Crippen molar-refractivity contribution < 1.29 is 4.74 Å². The second-order valence-electron chi connectivity index (χ2n) is 6.63. The summed E-state index contributed by atoms with van der Waals surface area (Å²) in [6, 6.07) is 10.8. The van der Waals surface area contributed by atoms with Crippen LogP contribution in [-0.4, -0.2) is 49.1 Å². The first kappa shape index (κ1) is 16.8. The van der Waals surface area contributed by atoms with Crippen LogP contribution < -0.4 is 4.74 Å². The smallest absolute Gasteiger partial charge is 0.123 e. The molecule has 0 aliphatic carbocycles. The molecule has 2 rings (SSSR count). The van der Waals surface area contributed by atoms with E-state index >= 15 is 0 Å². The van der Waals surface area contributed by atoms with Gasteiger partial charge in [0.15, 0.2) is 0 Å². The third kappa shape index (κ3) is 4.22. The molecular formula is C18H27N3O. The Bertz CT molecular complexity index is 506. The number of benzene rings is 1. The van der Waals surface area contributed by atoms with E-state index in [4.69, 9.17) is 4.74 Å². The normalized spacial score (nSPS) is 21.5. The minimum Gasteiger partial charge on any atom is -0.493 e. The molecule has 1 saturated heterocycles. The van der Waals surface area contributed by atoms with Crippen LogP contribution in [0, 0.1) is 17.2 Å². The van der Waals surface area contributed by atoms with Crippen LogP contribution in [0.2, 0.25) is 0 Å². The molecule has 1 aliphatic heterocycles. The maximum Gasteiger partial charge on any atom is 0.123 e. The second kappa shape index (κ2) is 7.62. The molecule has 2 unspecified atom stereocenters. The van der Waals surface area contributed by atoms with Gasteiger partial charge < -0.3 is 9.64 Å². The summed E-state index contributed by atoms with van der Waals surface area (Å²) in [4.78, 5) is 4.61. The lowest BCUT2D eigenvalue weighted by atomic mass is 10.0. The molecule has 1 aromatic carbocycles. The molecule has 120 valence electrons. The van der Waals surface area contributed by atoms with Crippen LogP contribution in [0.4, 0.5) is 0 Å². The van der Waals surface area contributed by atoms with Gasteiger partial charge >= 0.3 is 0 Å². The molecule has 4 heteroatoms. The van der Waals surface area contributed by atoms with Crippen molar-refractivity contribution in [2.24, 2.45) is 5.92 Å². The monoisotopic (exact) mass is 301 g/mol. The van der Waals surface area contributed by atoms with Gasteiger partial charge in [-0.3, -0.25) is 4.90 Å². The van der Waals surface area contributed by atoms with E-state index < -0.39 is 0 Å². The van der Waals surface area contributed by atoms with Gasteiger partial charge in [0, 0.05) is 25.7 Å². The predicted molar refractivity (Wildman–Crippen MR) is 88.8 cm³/mol. The maximum atomic E-state index is 9.59. The first-order chi connectivity index (χ1) is 10.5. The Balaban J connectivity index is 2.03. The van der Waals surface area contributed by atoms with Gasteiger partial charge in [-0.05, 0) is 37.6 Å². The summed E-state index contributed by atoms with van der Waals surface area (Å²) in [7, 11) is 2.14. The van der Waals surface area contributed by atoms with Crippen LogP contribution in [0.25, 0.3) is 0 Å². The highest BCUT2D eigenvalue weighted by molar-refractivity contribution is 5.32. The summed E-state index contributed by atoms with van der Waals surface area (Å²) in [5.41, 5.74) is 1.05. The number of hydrogen-bond acceptors (Lipinski definition) is 4. The Morgan fingerprint density at radius 1 is 1.27 bits per heavy atom. The maximum absolute atomic E-state index is 9.59. The summed E-state index contributed by atoms with van der Waals surface area (Å²) in [6.07, 6.45) is 0. The van der Waals surface area contributed by atoms with Crippen molar-refractivity contribution in [3.8, 4) is 11.8 Å². The largest absolute Gasteiger partial charge is 0.493 e. The molecule has 1 aromatic rings. The van der Waals surface area contributed by atoms with Gasteiger partial charge in [0.05, 0.1) is 12.7 Å². The molecule has 1 fully saturated rings. The summed E-state index contributed by atoms with van der Waals surface area (Å²) in [5, 5.41) is 9.59. The van der Waals surface area contributed by atoms with Gasteiger partial charge in [0.25, 0.3) is 0 Å². The van der Waals surface area contributed by atoms with Gasteiger partial charge in [-0.15, -0.1) is 0 Å². The molecule has 1 aliphatic rings. The van der Waals surface area contributed by atoms with E-state index in [1.165, 1.54) is 0 Å². The van der Waals surface area contributed by atoms with Crippen LogP contribution in [-0.2, 0) is 0 Å². The lowest BCUT2D eigenvalue weighted by molar-refractivity contribution is 0.0881. The Labute approximate surface area is 134 Å². The molecule has 22 heavy (non-hydrogen) atoms. The van der Waals surface area contributed by atoms with Gasteiger partial charge in [-0.1, -0.05) is 26.0 Å². The SMILES string of the molecule is CC(C)COc1ccc(C(C#N)N2CCN(C)C(C)C2)cc1. The van der Waals surface area contributed by atoms with Crippen LogP contribution in [0.15, 0.2) is 24.3 Å². The Hall–Kier alpha value is -1.57. The third-order valence-corrected chi connectivity index (χ3v) is 4.26. The summed E-state index contributed by atoms with van der Waals surface area (Å²) in [6.45, 7) is 10.1. The van der Waals surface area contributed by atoms with Gasteiger partial charge in [-0.25, -0.2) is 0 Å². The fourth-order valence-electron chi connectivity index (χ4n) is 2.69. The molecule has 0 spiro atoms. The molecule has 0 amide bonds. The zero-order chi connectivity index (χ0) is 16.1. The molecule has 4 nitrogen and oxygen atoms in total. The molecule has 2 atom stereocenters. The Morgan fingerprint density at radius 2 is 1.95 bits per heavy atom. The Morgan fingerprint density at radius 3 is 2.50 bits per heavy atom. The first-order valence-electron chi connectivity index (χ1n) is 8.08. The zero-order valence-electron chi connectivity index (χ0n) is 14.1. The van der Waals surface area contributed by atoms with Crippen molar-refractivity contribution in [1.82, 2.24) is 9.80 Å². The minimum atomic E-state index is -0.171. The van der Waals surface area contributed by atoms with E-state index in [9.17, 15) is 5.26 Å². The molecule has 0 N–H and O–H groups in total. The van der Waals surface area contributed by atoms with E-state index in [-0.39, 0.29) is 6.04 Å². The molecular weight excluding hydrogens is 274 g/mol.